The van der Waals surface area contributed by atoms with Crippen molar-refractivity contribution in [3.8, 4) is 11.8 Å². The van der Waals surface area contributed by atoms with Gasteiger partial charge in [0.1, 0.15) is 0 Å². The van der Waals surface area contributed by atoms with Crippen molar-refractivity contribution in [3.63, 3.8) is 0 Å². The Morgan fingerprint density at radius 3 is 1.89 bits per heavy atom. The van der Waals surface area contributed by atoms with Gasteiger partial charge in [-0.05, 0) is 12.3 Å². The third-order valence-electron chi connectivity index (χ3n) is 3.08. The van der Waals surface area contributed by atoms with Crippen molar-refractivity contribution in [1.82, 2.24) is 5.32 Å². The van der Waals surface area contributed by atoms with E-state index in [1.54, 1.807) is 7.05 Å². The summed E-state index contributed by atoms with van der Waals surface area (Å²) in [4.78, 5) is 10.8. The molecule has 0 atom stereocenters. The molecule has 0 aliphatic carbocycles. The first-order valence-electron chi connectivity index (χ1n) is 7.51. The summed E-state index contributed by atoms with van der Waals surface area (Å²) in [7, 11) is 1.61. The largest absolute Gasteiger partial charge is 0.348 e. The maximum absolute atomic E-state index is 10.8. The van der Waals surface area contributed by atoms with Crippen LogP contribution in [0.4, 0.5) is 0 Å². The van der Waals surface area contributed by atoms with Gasteiger partial charge < -0.3 is 5.32 Å². The smallest absolute Gasteiger partial charge is 0.295 e. The summed E-state index contributed by atoms with van der Waals surface area (Å²) in [5, 5.41) is 2.49. The number of nitrogens with one attached hydrogen (secondary N) is 1. The van der Waals surface area contributed by atoms with Crippen molar-refractivity contribution >= 4 is 5.91 Å². The molecule has 0 aromatic heterocycles. The number of hydrogen-bond donors (Lipinski definition) is 1. The van der Waals surface area contributed by atoms with Crippen molar-refractivity contribution in [2.24, 2.45) is 0 Å². The van der Waals surface area contributed by atoms with E-state index < -0.39 is 0 Å². The van der Waals surface area contributed by atoms with Crippen LogP contribution in [0.15, 0.2) is 0 Å². The van der Waals surface area contributed by atoms with Gasteiger partial charge in [0, 0.05) is 13.5 Å². The summed E-state index contributed by atoms with van der Waals surface area (Å²) in [5.41, 5.74) is 0. The fourth-order valence-electron chi connectivity index (χ4n) is 1.91. The van der Waals surface area contributed by atoms with Crippen LogP contribution in [-0.4, -0.2) is 13.0 Å². The highest BCUT2D eigenvalue weighted by Crippen LogP contribution is 2.10. The monoisotopic (exact) mass is 251 g/mol. The Morgan fingerprint density at radius 2 is 1.39 bits per heavy atom. The molecular formula is C16H29NO. The maximum atomic E-state index is 10.8. The normalized spacial score (nSPS) is 9.67. The van der Waals surface area contributed by atoms with Crippen LogP contribution in [0.25, 0.3) is 0 Å². The lowest BCUT2D eigenvalue weighted by Crippen LogP contribution is -2.14. The third kappa shape index (κ3) is 13.1. The minimum absolute atomic E-state index is 0.179. The molecule has 104 valence electrons. The van der Waals surface area contributed by atoms with Crippen molar-refractivity contribution in [3.05, 3.63) is 0 Å². The summed E-state index contributed by atoms with van der Waals surface area (Å²) in [6.45, 7) is 2.26. The van der Waals surface area contributed by atoms with Crippen LogP contribution in [0.2, 0.25) is 0 Å². The van der Waals surface area contributed by atoms with Crippen LogP contribution >= 0.6 is 0 Å². The Labute approximate surface area is 113 Å². The molecule has 0 aliphatic rings. The zero-order valence-electron chi connectivity index (χ0n) is 12.2. The summed E-state index contributed by atoms with van der Waals surface area (Å²) < 4.78 is 0. The van der Waals surface area contributed by atoms with Gasteiger partial charge in [-0.1, -0.05) is 70.6 Å². The molecule has 0 aliphatic heterocycles. The number of amides is 1. The minimum Gasteiger partial charge on any atom is -0.348 e. The molecule has 1 amide bonds. The van der Waals surface area contributed by atoms with Crippen molar-refractivity contribution in [2.45, 2.75) is 77.6 Å². The SMILES string of the molecule is CCCCCCCCCCCCC#CC(=O)NC. The van der Waals surface area contributed by atoms with Crippen LogP contribution in [0, 0.1) is 11.8 Å². The zero-order chi connectivity index (χ0) is 13.5. The standard InChI is InChI=1S/C16H29NO/c1-3-4-5-6-7-8-9-10-11-12-13-14-15-16(18)17-2/h3-13H2,1-2H3,(H,17,18). The first kappa shape index (κ1) is 17.0. The molecule has 0 fully saturated rings. The van der Waals surface area contributed by atoms with E-state index in [2.05, 4.69) is 24.1 Å². The van der Waals surface area contributed by atoms with E-state index >= 15 is 0 Å². The molecular weight excluding hydrogens is 222 g/mol. The van der Waals surface area contributed by atoms with Gasteiger partial charge in [-0.3, -0.25) is 4.79 Å². The molecule has 2 heteroatoms. The summed E-state index contributed by atoms with van der Waals surface area (Å²) >= 11 is 0. The van der Waals surface area contributed by atoms with E-state index in [0.29, 0.717) is 0 Å². The fourth-order valence-corrected chi connectivity index (χ4v) is 1.91. The van der Waals surface area contributed by atoms with Crippen LogP contribution in [0.3, 0.4) is 0 Å². The van der Waals surface area contributed by atoms with Crippen molar-refractivity contribution in [1.29, 1.82) is 0 Å². The second-order valence-electron chi connectivity index (χ2n) is 4.81. The van der Waals surface area contributed by atoms with Gasteiger partial charge >= 0.3 is 0 Å². The fraction of sp³-hybridized carbons (Fsp3) is 0.812. The lowest BCUT2D eigenvalue weighted by atomic mass is 10.1. The van der Waals surface area contributed by atoms with Crippen LogP contribution < -0.4 is 5.32 Å². The number of hydrogen-bond acceptors (Lipinski definition) is 1. The number of carbonyl (C=O) groups is 1. The van der Waals surface area contributed by atoms with Gasteiger partial charge in [-0.2, -0.15) is 0 Å². The van der Waals surface area contributed by atoms with Gasteiger partial charge in [0.05, 0.1) is 0 Å². The lowest BCUT2D eigenvalue weighted by Gasteiger charge is -2.00. The topological polar surface area (TPSA) is 29.1 Å². The van der Waals surface area contributed by atoms with Gasteiger partial charge in [-0.15, -0.1) is 0 Å². The second kappa shape index (κ2) is 14.1. The van der Waals surface area contributed by atoms with Crippen LogP contribution in [0.1, 0.15) is 77.6 Å². The highest BCUT2D eigenvalue weighted by molar-refractivity contribution is 5.93. The molecule has 0 rings (SSSR count). The van der Waals surface area contributed by atoms with Gasteiger partial charge in [0.15, 0.2) is 0 Å². The van der Waals surface area contributed by atoms with E-state index in [-0.39, 0.29) is 5.91 Å². The van der Waals surface area contributed by atoms with Crippen molar-refractivity contribution in [2.75, 3.05) is 7.05 Å². The molecule has 0 bridgehead atoms. The Hall–Kier alpha value is -0.970. The van der Waals surface area contributed by atoms with E-state index in [1.807, 2.05) is 0 Å². The van der Waals surface area contributed by atoms with E-state index in [4.69, 9.17) is 0 Å². The first-order valence-corrected chi connectivity index (χ1v) is 7.51. The average Bonchev–Trinajstić information content (AvgIpc) is 2.39. The van der Waals surface area contributed by atoms with Gasteiger partial charge in [-0.25, -0.2) is 0 Å². The third-order valence-corrected chi connectivity index (χ3v) is 3.08. The summed E-state index contributed by atoms with van der Waals surface area (Å²) in [6, 6.07) is 0. The maximum Gasteiger partial charge on any atom is 0.295 e. The van der Waals surface area contributed by atoms with Crippen molar-refractivity contribution < 1.29 is 4.79 Å². The molecule has 0 saturated heterocycles. The average molecular weight is 251 g/mol. The Morgan fingerprint density at radius 1 is 0.889 bits per heavy atom. The van der Waals surface area contributed by atoms with Crippen LogP contribution in [-0.2, 0) is 4.79 Å². The molecule has 0 saturated carbocycles. The minimum atomic E-state index is -0.179. The highest BCUT2D eigenvalue weighted by atomic mass is 16.1. The number of carbonyl (C=O) groups excluding carboxylic acids is 1. The van der Waals surface area contributed by atoms with Gasteiger partial charge in [0.2, 0.25) is 0 Å². The second-order valence-corrected chi connectivity index (χ2v) is 4.81. The van der Waals surface area contributed by atoms with Gasteiger partial charge in [0.25, 0.3) is 5.91 Å². The number of unbranched alkanes of at least 4 members (excludes halogenated alkanes) is 10. The Kier molecular flexibility index (Phi) is 13.3. The summed E-state index contributed by atoms with van der Waals surface area (Å²) in [6.07, 6.45) is 14.2. The van der Waals surface area contributed by atoms with E-state index in [0.717, 1.165) is 12.8 Å². The molecule has 0 aromatic carbocycles. The Bertz CT molecular complexity index is 250. The Balaban J connectivity index is 3.11. The molecule has 2 nitrogen and oxygen atoms in total. The van der Waals surface area contributed by atoms with E-state index in [1.165, 1.54) is 57.8 Å². The lowest BCUT2D eigenvalue weighted by molar-refractivity contribution is -0.115. The number of rotatable bonds is 10. The zero-order valence-corrected chi connectivity index (χ0v) is 12.2. The molecule has 0 aromatic rings. The summed E-state index contributed by atoms with van der Waals surface area (Å²) in [5.74, 6) is 5.28. The highest BCUT2D eigenvalue weighted by Gasteiger charge is 1.92. The van der Waals surface area contributed by atoms with Crippen LogP contribution in [0.5, 0.6) is 0 Å². The molecule has 0 spiro atoms. The predicted molar refractivity (Wildman–Crippen MR) is 78.3 cm³/mol. The quantitative estimate of drug-likeness (QED) is 0.460. The molecule has 0 unspecified atom stereocenters. The molecule has 18 heavy (non-hydrogen) atoms. The predicted octanol–water partition coefficient (Wildman–Crippen LogP) is 4.05. The van der Waals surface area contributed by atoms with E-state index in [9.17, 15) is 4.79 Å². The first-order chi connectivity index (χ1) is 8.81. The molecule has 0 radical (unpaired) electrons. The molecule has 0 heterocycles. The molecule has 1 N–H and O–H groups in total.